The van der Waals surface area contributed by atoms with E-state index in [4.69, 9.17) is 0 Å². The molecule has 0 bridgehead atoms. The van der Waals surface area contributed by atoms with Crippen LogP contribution in [0.1, 0.15) is 41.8 Å². The van der Waals surface area contributed by atoms with Crippen LogP contribution in [-0.2, 0) is 11.0 Å². The molecule has 2 aromatic rings. The second-order valence-corrected chi connectivity index (χ2v) is 7.37. The molecule has 2 aromatic heterocycles. The second-order valence-electron chi connectivity index (χ2n) is 7.37. The number of halogens is 6. The molecule has 1 amide bonds. The molecule has 0 aliphatic carbocycles. The third-order valence-electron chi connectivity index (χ3n) is 5.47. The van der Waals surface area contributed by atoms with Gasteiger partial charge < -0.3 is 15.3 Å². The lowest BCUT2D eigenvalue weighted by atomic mass is 9.83. The number of aliphatic hydroxyl groups excluding tert-OH is 1. The lowest BCUT2D eigenvalue weighted by molar-refractivity contribution is -0.177. The number of nitrogens with zero attached hydrogens (tertiary/aromatic N) is 4. The zero-order valence-corrected chi connectivity index (χ0v) is 15.6. The number of hydrogen-bond acceptors (Lipinski definition) is 6. The van der Waals surface area contributed by atoms with Crippen molar-refractivity contribution in [1.29, 1.82) is 0 Å². The summed E-state index contributed by atoms with van der Waals surface area (Å²) in [4.78, 5) is 20.0. The lowest BCUT2D eigenvalue weighted by Crippen LogP contribution is -2.44. The summed E-state index contributed by atoms with van der Waals surface area (Å²) >= 11 is 0. The zero-order valence-electron chi connectivity index (χ0n) is 15.6. The summed E-state index contributed by atoms with van der Waals surface area (Å²) < 4.78 is 78.6. The Labute approximate surface area is 170 Å². The number of rotatable bonds is 2. The smallest absolute Gasteiger partial charge is 0.382 e. The first kappa shape index (κ1) is 21.3. The molecule has 4 heterocycles. The van der Waals surface area contributed by atoms with Crippen molar-refractivity contribution in [2.45, 2.75) is 43.1 Å². The number of anilines is 2. The van der Waals surface area contributed by atoms with Crippen LogP contribution in [0.25, 0.3) is 0 Å². The second kappa shape index (κ2) is 7.35. The van der Waals surface area contributed by atoms with Crippen molar-refractivity contribution in [3.63, 3.8) is 0 Å². The van der Waals surface area contributed by atoms with Crippen LogP contribution in [0.2, 0.25) is 0 Å². The molecule has 2 aliphatic rings. The number of hydrogen-bond donors (Lipinski definition) is 3. The predicted octanol–water partition coefficient (Wildman–Crippen LogP) is 2.56. The van der Waals surface area contributed by atoms with E-state index in [1.54, 1.807) is 4.90 Å². The molecule has 31 heavy (non-hydrogen) atoms. The normalized spacial score (nSPS) is 22.9. The van der Waals surface area contributed by atoms with Gasteiger partial charge in [0.15, 0.2) is 0 Å². The minimum atomic E-state index is -4.86. The number of fused-ring (bicyclic) bond motifs is 1. The molecule has 2 aliphatic heterocycles. The van der Waals surface area contributed by atoms with Crippen molar-refractivity contribution < 1.29 is 36.2 Å². The molecule has 4 rings (SSSR count). The van der Waals surface area contributed by atoms with Gasteiger partial charge in [-0.05, 0) is 12.8 Å². The molecular weight excluding hydrogens is 434 g/mol. The number of alkyl halides is 6. The van der Waals surface area contributed by atoms with Crippen LogP contribution in [0.3, 0.4) is 0 Å². The van der Waals surface area contributed by atoms with Gasteiger partial charge in [0.1, 0.15) is 17.8 Å². The van der Waals surface area contributed by atoms with E-state index in [0.717, 1.165) is 12.4 Å². The summed E-state index contributed by atoms with van der Waals surface area (Å²) in [6.45, 7) is 0.652. The molecule has 0 unspecified atom stereocenters. The molecule has 0 aromatic carbocycles. The SMILES string of the molecule is O=C1Nc2[nH]nc(C3CCN(c4cnc(C(F)(F)F)nc4)CC3)c2[C@@H](C(F)(F)F)[C@H]1O. The highest BCUT2D eigenvalue weighted by Gasteiger charge is 2.53. The van der Waals surface area contributed by atoms with Crippen LogP contribution in [0.4, 0.5) is 37.8 Å². The van der Waals surface area contributed by atoms with Gasteiger partial charge in [0.25, 0.3) is 5.91 Å². The largest absolute Gasteiger partial charge is 0.451 e. The van der Waals surface area contributed by atoms with Crippen LogP contribution in [0.15, 0.2) is 12.4 Å². The minimum absolute atomic E-state index is 0.111. The topological polar surface area (TPSA) is 107 Å². The highest BCUT2D eigenvalue weighted by molar-refractivity contribution is 5.97. The molecule has 0 spiro atoms. The lowest BCUT2D eigenvalue weighted by Gasteiger charge is -2.34. The van der Waals surface area contributed by atoms with Gasteiger partial charge in [-0.15, -0.1) is 0 Å². The van der Waals surface area contributed by atoms with E-state index in [0.29, 0.717) is 31.6 Å². The van der Waals surface area contributed by atoms with Crippen molar-refractivity contribution in [2.75, 3.05) is 23.3 Å². The number of nitrogens with one attached hydrogen (secondary N) is 2. The Morgan fingerprint density at radius 3 is 2.23 bits per heavy atom. The van der Waals surface area contributed by atoms with E-state index >= 15 is 0 Å². The Morgan fingerprint density at radius 1 is 1.06 bits per heavy atom. The molecule has 1 saturated heterocycles. The molecular formula is C17H16F6N6O2. The number of piperidine rings is 1. The van der Waals surface area contributed by atoms with E-state index in [9.17, 15) is 36.2 Å². The number of amides is 1. The molecule has 2 atom stereocenters. The van der Waals surface area contributed by atoms with Gasteiger partial charge >= 0.3 is 12.4 Å². The highest BCUT2D eigenvalue weighted by atomic mass is 19.4. The van der Waals surface area contributed by atoms with Crippen LogP contribution in [0, 0.1) is 0 Å². The van der Waals surface area contributed by atoms with Gasteiger partial charge in [0.05, 0.1) is 23.8 Å². The number of aromatic amines is 1. The van der Waals surface area contributed by atoms with Crippen molar-refractivity contribution in [2.24, 2.45) is 0 Å². The van der Waals surface area contributed by atoms with E-state index < -0.39 is 42.0 Å². The van der Waals surface area contributed by atoms with E-state index in [-0.39, 0.29) is 17.1 Å². The summed E-state index contributed by atoms with van der Waals surface area (Å²) in [6, 6.07) is 0. The molecule has 168 valence electrons. The molecule has 0 saturated carbocycles. The van der Waals surface area contributed by atoms with Gasteiger partial charge in [-0.3, -0.25) is 9.89 Å². The van der Waals surface area contributed by atoms with Gasteiger partial charge in [0, 0.05) is 24.6 Å². The van der Waals surface area contributed by atoms with Gasteiger partial charge in [0.2, 0.25) is 5.82 Å². The number of aromatic nitrogens is 4. The van der Waals surface area contributed by atoms with Crippen molar-refractivity contribution in [3.8, 4) is 0 Å². The third kappa shape index (κ3) is 3.91. The Bertz CT molecular complexity index is 965. The first-order valence-electron chi connectivity index (χ1n) is 9.24. The average molecular weight is 450 g/mol. The number of carbonyl (C=O) groups is 1. The standard InChI is InChI=1S/C17H16F6N6O2/c18-16(19,20)10-9-11(27-28-13(9)26-14(31)12(10)30)7-1-3-29(4-2-7)8-5-24-15(25-6-8)17(21,22)23/h5-7,10,12,30H,1-4H2,(H2,26,27,28,31)/t10-,12-/m1/s1. The van der Waals surface area contributed by atoms with E-state index in [1.165, 1.54) is 0 Å². The van der Waals surface area contributed by atoms with Crippen molar-refractivity contribution in [1.82, 2.24) is 20.2 Å². The Balaban J connectivity index is 1.52. The molecule has 14 heteroatoms. The van der Waals surface area contributed by atoms with Crippen molar-refractivity contribution in [3.05, 3.63) is 29.5 Å². The summed E-state index contributed by atoms with van der Waals surface area (Å²) in [5.74, 6) is -5.41. The van der Waals surface area contributed by atoms with E-state index in [1.807, 2.05) is 0 Å². The average Bonchev–Trinajstić information content (AvgIpc) is 3.10. The summed E-state index contributed by atoms with van der Waals surface area (Å²) in [5, 5.41) is 18.4. The Hall–Kier alpha value is -2.90. The monoisotopic (exact) mass is 450 g/mol. The summed E-state index contributed by atoms with van der Waals surface area (Å²) in [5.41, 5.74) is 0.196. The molecule has 1 fully saturated rings. The third-order valence-corrected chi connectivity index (χ3v) is 5.47. The molecule has 0 radical (unpaired) electrons. The maximum Gasteiger partial charge on any atom is 0.451 e. The predicted molar refractivity (Wildman–Crippen MR) is 93.2 cm³/mol. The Kier molecular flexibility index (Phi) is 5.06. The van der Waals surface area contributed by atoms with Gasteiger partial charge in [-0.2, -0.15) is 31.4 Å². The van der Waals surface area contributed by atoms with Crippen LogP contribution >= 0.6 is 0 Å². The first-order chi connectivity index (χ1) is 14.5. The maximum atomic E-state index is 13.6. The Morgan fingerprint density at radius 2 is 1.68 bits per heavy atom. The molecule has 8 nitrogen and oxygen atoms in total. The van der Waals surface area contributed by atoms with Crippen LogP contribution in [0.5, 0.6) is 0 Å². The zero-order chi connectivity index (χ0) is 22.6. The highest BCUT2D eigenvalue weighted by Crippen LogP contribution is 2.47. The fourth-order valence-electron chi connectivity index (χ4n) is 3.98. The summed E-state index contributed by atoms with van der Waals surface area (Å²) in [7, 11) is 0. The van der Waals surface area contributed by atoms with Crippen LogP contribution in [-0.4, -0.2) is 56.5 Å². The molecule has 3 N–H and O–H groups in total. The van der Waals surface area contributed by atoms with Gasteiger partial charge in [-0.25, -0.2) is 9.97 Å². The number of carbonyl (C=O) groups excluding carboxylic acids is 1. The van der Waals surface area contributed by atoms with Crippen molar-refractivity contribution >= 4 is 17.4 Å². The van der Waals surface area contributed by atoms with Gasteiger partial charge in [-0.1, -0.05) is 0 Å². The quantitative estimate of drug-likeness (QED) is 0.608. The van der Waals surface area contributed by atoms with E-state index in [2.05, 4.69) is 25.5 Å². The number of H-pyrrole nitrogens is 1. The first-order valence-corrected chi connectivity index (χ1v) is 9.24. The summed E-state index contributed by atoms with van der Waals surface area (Å²) in [6.07, 6.45) is -8.98. The fourth-order valence-corrected chi connectivity index (χ4v) is 3.98. The number of aliphatic hydroxyl groups is 1. The minimum Gasteiger partial charge on any atom is -0.382 e. The van der Waals surface area contributed by atoms with Crippen LogP contribution < -0.4 is 10.2 Å². The fraction of sp³-hybridized carbons (Fsp3) is 0.529. The maximum absolute atomic E-state index is 13.6.